The van der Waals surface area contributed by atoms with Crippen molar-refractivity contribution in [3.63, 3.8) is 0 Å². The van der Waals surface area contributed by atoms with Crippen LogP contribution in [0.3, 0.4) is 0 Å². The number of aromatic nitrogens is 1. The normalized spacial score (nSPS) is 11.3. The highest BCUT2D eigenvalue weighted by Crippen LogP contribution is 2.23. The zero-order chi connectivity index (χ0) is 15.4. The fourth-order valence-electron chi connectivity index (χ4n) is 1.88. The Hall–Kier alpha value is -1.65. The lowest BCUT2D eigenvalue weighted by Gasteiger charge is -2.12. The molecule has 108 valence electrons. The third kappa shape index (κ3) is 4.16. The van der Waals surface area contributed by atoms with Crippen molar-refractivity contribution in [2.45, 2.75) is 0 Å². The van der Waals surface area contributed by atoms with Crippen LogP contribution in [0.5, 0.6) is 0 Å². The van der Waals surface area contributed by atoms with E-state index in [1.165, 1.54) is 0 Å². The first-order valence-corrected chi connectivity index (χ1v) is 7.45. The molecule has 0 N–H and O–H groups in total. The highest BCUT2D eigenvalue weighted by atomic mass is 79.9. The highest BCUT2D eigenvalue weighted by Gasteiger charge is 2.15. The van der Waals surface area contributed by atoms with Gasteiger partial charge in [-0.05, 0) is 45.8 Å². The van der Waals surface area contributed by atoms with E-state index < -0.39 is 0 Å². The van der Waals surface area contributed by atoms with Crippen molar-refractivity contribution < 1.29 is 4.79 Å². The Morgan fingerprint density at radius 2 is 2.00 bits per heavy atom. The van der Waals surface area contributed by atoms with E-state index in [4.69, 9.17) is 11.6 Å². The summed E-state index contributed by atoms with van der Waals surface area (Å²) in [6, 6.07) is 10.6. The maximum Gasteiger partial charge on any atom is 0.195 e. The fraction of sp³-hybridized carbons (Fsp3) is 0.125. The number of allylic oxidation sites excluding steroid dienone is 1. The summed E-state index contributed by atoms with van der Waals surface area (Å²) in [6.45, 7) is 0. The first kappa shape index (κ1) is 15.7. The van der Waals surface area contributed by atoms with Crippen molar-refractivity contribution in [2.75, 3.05) is 14.1 Å². The molecule has 2 rings (SSSR count). The lowest BCUT2D eigenvalue weighted by atomic mass is 9.98. The zero-order valence-electron chi connectivity index (χ0n) is 11.7. The third-order valence-electron chi connectivity index (χ3n) is 2.76. The van der Waals surface area contributed by atoms with Gasteiger partial charge in [-0.1, -0.05) is 23.7 Å². The first-order valence-electron chi connectivity index (χ1n) is 6.28. The Bertz CT molecular complexity index is 698. The average molecular weight is 366 g/mol. The molecule has 0 aliphatic carbocycles. The molecular weight excluding hydrogens is 352 g/mol. The molecule has 0 atom stereocenters. The number of nitrogens with zero attached hydrogens (tertiary/aromatic N) is 2. The molecule has 0 saturated carbocycles. The van der Waals surface area contributed by atoms with E-state index in [-0.39, 0.29) is 5.78 Å². The van der Waals surface area contributed by atoms with E-state index in [1.807, 2.05) is 31.1 Å². The topological polar surface area (TPSA) is 33.2 Å². The number of Topliss-reactive ketones (excluding diaryl/α,β-unsaturated/α-hetero) is 1. The Labute approximate surface area is 137 Å². The number of halogens is 2. The molecule has 0 saturated heterocycles. The highest BCUT2D eigenvalue weighted by molar-refractivity contribution is 9.10. The summed E-state index contributed by atoms with van der Waals surface area (Å²) in [4.78, 5) is 18.7. The van der Waals surface area contributed by atoms with Gasteiger partial charge < -0.3 is 4.90 Å². The van der Waals surface area contributed by atoms with E-state index in [0.29, 0.717) is 20.8 Å². The van der Waals surface area contributed by atoms with Gasteiger partial charge in [-0.2, -0.15) is 0 Å². The molecular formula is C16H14BrClN2O. The minimum atomic E-state index is -0.0794. The van der Waals surface area contributed by atoms with Gasteiger partial charge in [0.15, 0.2) is 5.78 Å². The van der Waals surface area contributed by atoms with E-state index in [0.717, 1.165) is 5.56 Å². The van der Waals surface area contributed by atoms with Gasteiger partial charge in [-0.15, -0.1) is 0 Å². The smallest absolute Gasteiger partial charge is 0.195 e. The number of benzene rings is 1. The number of hydrogen-bond acceptors (Lipinski definition) is 3. The molecule has 0 radical (unpaired) electrons. The third-order valence-corrected chi connectivity index (χ3v) is 3.43. The predicted molar refractivity (Wildman–Crippen MR) is 89.4 cm³/mol. The van der Waals surface area contributed by atoms with Crippen LogP contribution in [0, 0.1) is 0 Å². The molecule has 1 heterocycles. The van der Waals surface area contributed by atoms with E-state index >= 15 is 0 Å². The Morgan fingerprint density at radius 1 is 1.24 bits per heavy atom. The summed E-state index contributed by atoms with van der Waals surface area (Å²) in [6.07, 6.45) is 3.46. The lowest BCUT2D eigenvalue weighted by molar-refractivity contribution is 0.105. The van der Waals surface area contributed by atoms with Crippen LogP contribution in [-0.4, -0.2) is 29.8 Å². The molecule has 0 aliphatic rings. The number of pyridine rings is 1. The van der Waals surface area contributed by atoms with Crippen molar-refractivity contribution in [2.24, 2.45) is 0 Å². The molecule has 0 bridgehead atoms. The number of ketones is 1. The van der Waals surface area contributed by atoms with Crippen molar-refractivity contribution in [3.05, 3.63) is 69.5 Å². The minimum Gasteiger partial charge on any atom is -0.383 e. The van der Waals surface area contributed by atoms with Gasteiger partial charge in [0.1, 0.15) is 4.60 Å². The van der Waals surface area contributed by atoms with Crippen LogP contribution in [0.4, 0.5) is 0 Å². The summed E-state index contributed by atoms with van der Waals surface area (Å²) in [5.74, 6) is -0.0794. The number of hydrogen-bond donors (Lipinski definition) is 0. The second-order valence-corrected chi connectivity index (χ2v) is 5.96. The molecule has 21 heavy (non-hydrogen) atoms. The molecule has 3 nitrogen and oxygen atoms in total. The second kappa shape index (κ2) is 6.87. The molecule has 0 unspecified atom stereocenters. The van der Waals surface area contributed by atoms with Gasteiger partial charge in [0.2, 0.25) is 0 Å². The monoisotopic (exact) mass is 364 g/mol. The number of carbonyl (C=O) groups excluding carboxylic acids is 1. The molecule has 2 aromatic rings. The van der Waals surface area contributed by atoms with Crippen LogP contribution in [0.15, 0.2) is 53.4 Å². The molecule has 5 heteroatoms. The molecule has 0 spiro atoms. The maximum atomic E-state index is 12.8. The van der Waals surface area contributed by atoms with Crippen molar-refractivity contribution in [3.8, 4) is 0 Å². The molecule has 0 aliphatic heterocycles. The quantitative estimate of drug-likeness (QED) is 0.460. The number of rotatable bonds is 4. The largest absolute Gasteiger partial charge is 0.383 e. The summed E-state index contributed by atoms with van der Waals surface area (Å²) in [5, 5.41) is 0.543. The predicted octanol–water partition coefficient (Wildman–Crippen LogP) is 4.28. The van der Waals surface area contributed by atoms with Crippen molar-refractivity contribution in [1.82, 2.24) is 9.88 Å². The summed E-state index contributed by atoms with van der Waals surface area (Å²) in [7, 11) is 3.75. The fourth-order valence-corrected chi connectivity index (χ4v) is 2.43. The first-order chi connectivity index (χ1) is 9.97. The van der Waals surface area contributed by atoms with Crippen molar-refractivity contribution in [1.29, 1.82) is 0 Å². The summed E-state index contributed by atoms with van der Waals surface area (Å²) >= 11 is 9.30. The Balaban J connectivity index is 2.49. The average Bonchev–Trinajstić information content (AvgIpc) is 2.44. The summed E-state index contributed by atoms with van der Waals surface area (Å²) < 4.78 is 0.684. The Morgan fingerprint density at radius 3 is 2.62 bits per heavy atom. The molecule has 1 aromatic heterocycles. The number of carbonyl (C=O) groups is 1. The summed E-state index contributed by atoms with van der Waals surface area (Å²) in [5.41, 5.74) is 1.95. The molecule has 0 fully saturated rings. The van der Waals surface area contributed by atoms with Crippen LogP contribution in [0.2, 0.25) is 5.02 Å². The van der Waals surface area contributed by atoms with E-state index in [9.17, 15) is 4.79 Å². The van der Waals surface area contributed by atoms with Crippen LogP contribution in [0.25, 0.3) is 5.57 Å². The zero-order valence-corrected chi connectivity index (χ0v) is 14.0. The van der Waals surface area contributed by atoms with Crippen LogP contribution in [-0.2, 0) is 0 Å². The van der Waals surface area contributed by atoms with Gasteiger partial charge in [-0.25, -0.2) is 4.98 Å². The molecule has 1 aromatic carbocycles. The van der Waals surface area contributed by atoms with Gasteiger partial charge in [0.05, 0.1) is 0 Å². The SMILES string of the molecule is CN(C)/C=C(\C(=O)c1cccc(Cl)c1)c1ccnc(Br)c1. The van der Waals surface area contributed by atoms with Gasteiger partial charge in [0, 0.05) is 42.7 Å². The maximum absolute atomic E-state index is 12.8. The van der Waals surface area contributed by atoms with Crippen LogP contribution in [0.1, 0.15) is 15.9 Å². The van der Waals surface area contributed by atoms with Crippen LogP contribution >= 0.6 is 27.5 Å². The van der Waals surface area contributed by atoms with Gasteiger partial charge in [-0.3, -0.25) is 4.79 Å². The van der Waals surface area contributed by atoms with Crippen molar-refractivity contribution >= 4 is 38.9 Å². The Kier molecular flexibility index (Phi) is 5.15. The minimum absolute atomic E-state index is 0.0794. The van der Waals surface area contributed by atoms with Gasteiger partial charge >= 0.3 is 0 Å². The van der Waals surface area contributed by atoms with Crippen LogP contribution < -0.4 is 0 Å². The second-order valence-electron chi connectivity index (χ2n) is 4.71. The lowest BCUT2D eigenvalue weighted by Crippen LogP contribution is -2.09. The van der Waals surface area contributed by atoms with Gasteiger partial charge in [0.25, 0.3) is 0 Å². The van der Waals surface area contributed by atoms with E-state index in [1.54, 1.807) is 36.7 Å². The standard InChI is InChI=1S/C16H14BrClN2O/c1-20(2)10-14(11-6-7-19-15(17)9-11)16(21)12-4-3-5-13(18)8-12/h3-10H,1-2H3/b14-10-. The van der Waals surface area contributed by atoms with E-state index in [2.05, 4.69) is 20.9 Å². The molecule has 0 amide bonds.